The minimum absolute atomic E-state index is 0.191. The predicted octanol–water partition coefficient (Wildman–Crippen LogP) is 3.63. The van der Waals surface area contributed by atoms with E-state index in [2.05, 4.69) is 34.6 Å². The minimum atomic E-state index is -0.191. The first-order valence-corrected chi connectivity index (χ1v) is 8.73. The summed E-state index contributed by atoms with van der Waals surface area (Å²) in [6, 6.07) is 17.3. The quantitative estimate of drug-likeness (QED) is 0.670. The van der Waals surface area contributed by atoms with E-state index in [9.17, 15) is 4.79 Å². The monoisotopic (exact) mass is 365 g/mol. The fraction of sp³-hybridized carbons (Fsp3) is 0.238. The first kappa shape index (κ1) is 18.5. The van der Waals surface area contributed by atoms with Crippen molar-refractivity contribution in [3.8, 4) is 22.8 Å². The molecular formula is C21H23N3O3. The summed E-state index contributed by atoms with van der Waals surface area (Å²) >= 11 is 0. The van der Waals surface area contributed by atoms with Crippen molar-refractivity contribution in [2.45, 2.75) is 12.8 Å². The van der Waals surface area contributed by atoms with E-state index in [1.165, 1.54) is 5.56 Å². The van der Waals surface area contributed by atoms with Crippen molar-refractivity contribution in [2.75, 3.05) is 20.8 Å². The van der Waals surface area contributed by atoms with Gasteiger partial charge in [0, 0.05) is 18.2 Å². The van der Waals surface area contributed by atoms with Crippen molar-refractivity contribution in [2.24, 2.45) is 0 Å². The molecule has 27 heavy (non-hydrogen) atoms. The lowest BCUT2D eigenvalue weighted by atomic mass is 10.0. The molecule has 1 heterocycles. The molecule has 0 spiro atoms. The van der Waals surface area contributed by atoms with Gasteiger partial charge in [0.25, 0.3) is 5.91 Å². The maximum atomic E-state index is 12.4. The Morgan fingerprint density at radius 2 is 1.89 bits per heavy atom. The fourth-order valence-corrected chi connectivity index (χ4v) is 2.83. The molecule has 3 aromatic rings. The lowest BCUT2D eigenvalue weighted by Crippen LogP contribution is -2.27. The molecule has 6 heteroatoms. The van der Waals surface area contributed by atoms with E-state index >= 15 is 0 Å². The van der Waals surface area contributed by atoms with E-state index in [1.54, 1.807) is 26.4 Å². The molecule has 1 atom stereocenters. The second-order valence-corrected chi connectivity index (χ2v) is 6.25. The van der Waals surface area contributed by atoms with Crippen LogP contribution in [0.3, 0.4) is 0 Å². The molecule has 3 rings (SSSR count). The van der Waals surface area contributed by atoms with Gasteiger partial charge in [0.1, 0.15) is 17.2 Å². The summed E-state index contributed by atoms with van der Waals surface area (Å²) in [5, 5.41) is 10.00. The van der Waals surface area contributed by atoms with Crippen LogP contribution in [-0.4, -0.2) is 36.9 Å². The molecule has 2 N–H and O–H groups in total. The van der Waals surface area contributed by atoms with Gasteiger partial charge in [0.05, 0.1) is 19.9 Å². The number of rotatable bonds is 7. The van der Waals surface area contributed by atoms with E-state index < -0.39 is 0 Å². The number of aromatic amines is 1. The zero-order valence-corrected chi connectivity index (χ0v) is 15.7. The molecule has 0 radical (unpaired) electrons. The SMILES string of the molecule is COc1ccc(-c2cc(C(=O)NCC(C)c3ccccc3)[nH]n2)c(OC)c1. The molecule has 1 amide bonds. The zero-order valence-electron chi connectivity index (χ0n) is 15.7. The van der Waals surface area contributed by atoms with E-state index in [-0.39, 0.29) is 11.8 Å². The lowest BCUT2D eigenvalue weighted by molar-refractivity contribution is 0.0946. The topological polar surface area (TPSA) is 76.2 Å². The van der Waals surface area contributed by atoms with Gasteiger partial charge in [0.2, 0.25) is 0 Å². The van der Waals surface area contributed by atoms with Gasteiger partial charge >= 0.3 is 0 Å². The Bertz CT molecular complexity index is 906. The number of carbonyl (C=O) groups is 1. The number of amides is 1. The number of aromatic nitrogens is 2. The summed E-state index contributed by atoms with van der Waals surface area (Å²) in [6.45, 7) is 2.62. The average molecular weight is 365 g/mol. The second-order valence-electron chi connectivity index (χ2n) is 6.25. The first-order chi connectivity index (χ1) is 13.1. The van der Waals surface area contributed by atoms with Crippen molar-refractivity contribution in [3.63, 3.8) is 0 Å². The van der Waals surface area contributed by atoms with E-state index in [1.807, 2.05) is 30.3 Å². The number of nitrogens with one attached hydrogen (secondary N) is 2. The Hall–Kier alpha value is -3.28. The van der Waals surface area contributed by atoms with Crippen LogP contribution in [0.15, 0.2) is 54.6 Å². The van der Waals surface area contributed by atoms with E-state index in [0.717, 1.165) is 5.56 Å². The fourth-order valence-electron chi connectivity index (χ4n) is 2.83. The van der Waals surface area contributed by atoms with Crippen molar-refractivity contribution < 1.29 is 14.3 Å². The number of hydrogen-bond acceptors (Lipinski definition) is 4. The summed E-state index contributed by atoms with van der Waals surface area (Å²) in [5.74, 6) is 1.35. The van der Waals surface area contributed by atoms with Crippen molar-refractivity contribution in [1.82, 2.24) is 15.5 Å². The molecule has 1 unspecified atom stereocenters. The van der Waals surface area contributed by atoms with Crippen LogP contribution in [0.5, 0.6) is 11.5 Å². The molecule has 1 aromatic heterocycles. The second kappa shape index (κ2) is 8.40. The van der Waals surface area contributed by atoms with Crippen LogP contribution in [0.2, 0.25) is 0 Å². The lowest BCUT2D eigenvalue weighted by Gasteiger charge is -2.12. The summed E-state index contributed by atoms with van der Waals surface area (Å²) in [7, 11) is 3.19. The highest BCUT2D eigenvalue weighted by Gasteiger charge is 2.15. The normalized spacial score (nSPS) is 11.7. The molecule has 6 nitrogen and oxygen atoms in total. The third-order valence-electron chi connectivity index (χ3n) is 4.44. The molecule has 0 saturated heterocycles. The molecule has 0 bridgehead atoms. The van der Waals surface area contributed by atoms with Crippen LogP contribution >= 0.6 is 0 Å². The smallest absolute Gasteiger partial charge is 0.269 e. The van der Waals surface area contributed by atoms with Crippen LogP contribution in [-0.2, 0) is 0 Å². The highest BCUT2D eigenvalue weighted by molar-refractivity contribution is 5.93. The van der Waals surface area contributed by atoms with E-state index in [0.29, 0.717) is 29.4 Å². The Balaban J connectivity index is 1.69. The average Bonchev–Trinajstić information content (AvgIpc) is 3.22. The van der Waals surface area contributed by atoms with Crippen LogP contribution in [0, 0.1) is 0 Å². The largest absolute Gasteiger partial charge is 0.497 e. The van der Waals surface area contributed by atoms with Gasteiger partial charge in [-0.25, -0.2) is 0 Å². The van der Waals surface area contributed by atoms with Gasteiger partial charge in [-0.1, -0.05) is 37.3 Å². The molecular weight excluding hydrogens is 342 g/mol. The number of ether oxygens (including phenoxy) is 2. The van der Waals surface area contributed by atoms with Crippen LogP contribution in [0.25, 0.3) is 11.3 Å². The molecule has 0 aliphatic heterocycles. The van der Waals surface area contributed by atoms with E-state index in [4.69, 9.17) is 9.47 Å². The summed E-state index contributed by atoms with van der Waals surface area (Å²) < 4.78 is 10.6. The number of benzene rings is 2. The first-order valence-electron chi connectivity index (χ1n) is 8.73. The predicted molar refractivity (Wildman–Crippen MR) is 104 cm³/mol. The Morgan fingerprint density at radius 1 is 1.11 bits per heavy atom. The third-order valence-corrected chi connectivity index (χ3v) is 4.44. The zero-order chi connectivity index (χ0) is 19.2. The molecule has 0 aliphatic carbocycles. The summed E-state index contributed by atoms with van der Waals surface area (Å²) in [4.78, 5) is 12.4. The van der Waals surface area contributed by atoms with Crippen molar-refractivity contribution in [1.29, 1.82) is 0 Å². The number of methoxy groups -OCH3 is 2. The standard InChI is InChI=1S/C21H23N3O3/c1-14(15-7-5-4-6-8-15)13-22-21(25)19-12-18(23-24-19)17-10-9-16(26-2)11-20(17)27-3/h4-12,14H,13H2,1-3H3,(H,22,25)(H,23,24). The number of hydrogen-bond donors (Lipinski definition) is 2. The Kier molecular flexibility index (Phi) is 5.76. The maximum absolute atomic E-state index is 12.4. The minimum Gasteiger partial charge on any atom is -0.497 e. The highest BCUT2D eigenvalue weighted by Crippen LogP contribution is 2.32. The Morgan fingerprint density at radius 3 is 2.59 bits per heavy atom. The summed E-state index contributed by atoms with van der Waals surface area (Å²) in [6.07, 6.45) is 0. The van der Waals surface area contributed by atoms with Crippen LogP contribution in [0.4, 0.5) is 0 Å². The molecule has 2 aromatic carbocycles. The van der Waals surface area contributed by atoms with Crippen LogP contribution < -0.4 is 14.8 Å². The molecule has 0 saturated carbocycles. The van der Waals surface area contributed by atoms with Crippen molar-refractivity contribution in [3.05, 3.63) is 65.9 Å². The number of carbonyl (C=O) groups excluding carboxylic acids is 1. The molecule has 0 aliphatic rings. The molecule has 140 valence electrons. The number of nitrogens with zero attached hydrogens (tertiary/aromatic N) is 1. The van der Waals surface area contributed by atoms with Crippen LogP contribution in [0.1, 0.15) is 28.9 Å². The van der Waals surface area contributed by atoms with Crippen molar-refractivity contribution >= 4 is 5.91 Å². The maximum Gasteiger partial charge on any atom is 0.269 e. The van der Waals surface area contributed by atoms with Gasteiger partial charge in [-0.05, 0) is 29.7 Å². The summed E-state index contributed by atoms with van der Waals surface area (Å²) in [5.41, 5.74) is 3.01. The third kappa shape index (κ3) is 4.28. The Labute approximate surface area is 158 Å². The number of H-pyrrole nitrogens is 1. The van der Waals surface area contributed by atoms with Gasteiger partial charge in [0.15, 0.2) is 0 Å². The van der Waals surface area contributed by atoms with Gasteiger partial charge in [-0.2, -0.15) is 5.10 Å². The van der Waals surface area contributed by atoms with Gasteiger partial charge in [-0.15, -0.1) is 0 Å². The highest BCUT2D eigenvalue weighted by atomic mass is 16.5. The van der Waals surface area contributed by atoms with Gasteiger partial charge in [-0.3, -0.25) is 9.89 Å². The molecule has 0 fully saturated rings. The van der Waals surface area contributed by atoms with Gasteiger partial charge < -0.3 is 14.8 Å².